The van der Waals surface area contributed by atoms with Crippen molar-refractivity contribution in [2.75, 3.05) is 17.2 Å². The summed E-state index contributed by atoms with van der Waals surface area (Å²) in [6.07, 6.45) is 2.12. The number of aromatic nitrogens is 1. The Kier molecular flexibility index (Phi) is 5.53. The van der Waals surface area contributed by atoms with Crippen molar-refractivity contribution in [3.05, 3.63) is 89.6 Å². The molecule has 0 saturated carbocycles. The second-order valence-electron chi connectivity index (χ2n) is 5.66. The molecule has 0 aliphatic rings. The van der Waals surface area contributed by atoms with E-state index in [0.717, 1.165) is 11.8 Å². The zero-order valence-electron chi connectivity index (χ0n) is 13.9. The zero-order valence-corrected chi connectivity index (χ0v) is 13.9. The van der Waals surface area contributed by atoms with Crippen molar-refractivity contribution in [3.8, 4) is 0 Å². The smallest absolute Gasteiger partial charge is 0.256 e. The Morgan fingerprint density at radius 2 is 1.85 bits per heavy atom. The average Bonchev–Trinajstić information content (AvgIpc) is 2.65. The van der Waals surface area contributed by atoms with Gasteiger partial charge in [0, 0.05) is 12.1 Å². The summed E-state index contributed by atoms with van der Waals surface area (Å²) in [5.74, 6) is -0.765. The van der Waals surface area contributed by atoms with Crippen LogP contribution in [0.4, 0.5) is 20.3 Å². The molecule has 0 radical (unpaired) electrons. The van der Waals surface area contributed by atoms with Gasteiger partial charge < -0.3 is 10.6 Å². The molecule has 0 saturated heterocycles. The van der Waals surface area contributed by atoms with Crippen molar-refractivity contribution in [1.29, 1.82) is 0 Å². The Bertz CT molecular complexity index is 898. The molecule has 26 heavy (non-hydrogen) atoms. The van der Waals surface area contributed by atoms with Gasteiger partial charge in [0.2, 0.25) is 0 Å². The third-order valence-corrected chi connectivity index (χ3v) is 3.77. The van der Waals surface area contributed by atoms with Crippen molar-refractivity contribution in [2.45, 2.75) is 6.42 Å². The standard InChI is InChI=1S/C20H17F2N3O/c21-16-6-3-5-15(12-16)20(26)25-19-9-8-17(13-24-19)23-11-10-14-4-1-2-7-18(14)22/h1-9,12-13,23H,10-11H2,(H,24,25,26). The Balaban J connectivity index is 1.53. The number of carbonyl (C=O) groups is 1. The summed E-state index contributed by atoms with van der Waals surface area (Å²) in [6.45, 7) is 0.553. The van der Waals surface area contributed by atoms with Gasteiger partial charge in [-0.2, -0.15) is 0 Å². The van der Waals surface area contributed by atoms with Crippen molar-refractivity contribution < 1.29 is 13.6 Å². The van der Waals surface area contributed by atoms with Gasteiger partial charge >= 0.3 is 0 Å². The second-order valence-corrected chi connectivity index (χ2v) is 5.66. The van der Waals surface area contributed by atoms with Crippen LogP contribution in [-0.2, 0) is 6.42 Å². The quantitative estimate of drug-likeness (QED) is 0.696. The normalized spacial score (nSPS) is 10.4. The van der Waals surface area contributed by atoms with Crippen molar-refractivity contribution in [3.63, 3.8) is 0 Å². The lowest BCUT2D eigenvalue weighted by atomic mass is 10.1. The molecule has 6 heteroatoms. The fourth-order valence-corrected chi connectivity index (χ4v) is 2.43. The first-order chi connectivity index (χ1) is 12.6. The van der Waals surface area contributed by atoms with Crippen LogP contribution in [0, 0.1) is 11.6 Å². The zero-order chi connectivity index (χ0) is 18.4. The van der Waals surface area contributed by atoms with Gasteiger partial charge in [0.15, 0.2) is 0 Å². The monoisotopic (exact) mass is 353 g/mol. The first-order valence-electron chi connectivity index (χ1n) is 8.12. The average molecular weight is 353 g/mol. The lowest BCUT2D eigenvalue weighted by Gasteiger charge is -2.08. The highest BCUT2D eigenvalue weighted by Crippen LogP contribution is 2.13. The number of pyridine rings is 1. The maximum atomic E-state index is 13.6. The molecule has 3 rings (SSSR count). The van der Waals surface area contributed by atoms with E-state index < -0.39 is 11.7 Å². The van der Waals surface area contributed by atoms with Crippen LogP contribution >= 0.6 is 0 Å². The predicted molar refractivity (Wildman–Crippen MR) is 97.2 cm³/mol. The van der Waals surface area contributed by atoms with E-state index >= 15 is 0 Å². The van der Waals surface area contributed by atoms with Gasteiger partial charge in [-0.1, -0.05) is 24.3 Å². The lowest BCUT2D eigenvalue weighted by Crippen LogP contribution is -2.13. The van der Waals surface area contributed by atoms with E-state index in [9.17, 15) is 13.6 Å². The molecule has 0 unspecified atom stereocenters. The van der Waals surface area contributed by atoms with Crippen LogP contribution in [0.25, 0.3) is 0 Å². The summed E-state index contributed by atoms with van der Waals surface area (Å²) in [5.41, 5.74) is 1.62. The maximum absolute atomic E-state index is 13.6. The number of hydrogen-bond donors (Lipinski definition) is 2. The van der Waals surface area contributed by atoms with Crippen LogP contribution in [0.15, 0.2) is 66.9 Å². The number of carbonyl (C=O) groups excluding carboxylic acids is 1. The second kappa shape index (κ2) is 8.20. The van der Waals surface area contributed by atoms with E-state index in [1.54, 1.807) is 36.5 Å². The van der Waals surface area contributed by atoms with E-state index in [1.807, 2.05) is 0 Å². The molecule has 0 aliphatic carbocycles. The minimum Gasteiger partial charge on any atom is -0.383 e. The molecule has 0 bridgehead atoms. The van der Waals surface area contributed by atoms with Gasteiger partial charge in [-0.25, -0.2) is 13.8 Å². The van der Waals surface area contributed by atoms with Crippen molar-refractivity contribution >= 4 is 17.4 Å². The molecule has 0 spiro atoms. The summed E-state index contributed by atoms with van der Waals surface area (Å²) in [6, 6.07) is 15.5. The van der Waals surface area contributed by atoms with Gasteiger partial charge in [0.1, 0.15) is 17.5 Å². The van der Waals surface area contributed by atoms with Crippen molar-refractivity contribution in [1.82, 2.24) is 4.98 Å². The summed E-state index contributed by atoms with van der Waals surface area (Å²) >= 11 is 0. The largest absolute Gasteiger partial charge is 0.383 e. The molecule has 2 N–H and O–H groups in total. The van der Waals surface area contributed by atoms with Crippen LogP contribution in [0.3, 0.4) is 0 Å². The topological polar surface area (TPSA) is 54.0 Å². The molecule has 132 valence electrons. The molecule has 1 heterocycles. The van der Waals surface area contributed by atoms with Crippen molar-refractivity contribution in [2.24, 2.45) is 0 Å². The maximum Gasteiger partial charge on any atom is 0.256 e. The first-order valence-corrected chi connectivity index (χ1v) is 8.12. The lowest BCUT2D eigenvalue weighted by molar-refractivity contribution is 0.102. The number of halogens is 2. The molecule has 0 aliphatic heterocycles. The van der Waals surface area contributed by atoms with Crippen LogP contribution in [0.1, 0.15) is 15.9 Å². The SMILES string of the molecule is O=C(Nc1ccc(NCCc2ccccc2F)cn1)c1cccc(F)c1. The fourth-order valence-electron chi connectivity index (χ4n) is 2.43. The van der Waals surface area contributed by atoms with Crippen LogP contribution in [0.5, 0.6) is 0 Å². The minimum absolute atomic E-state index is 0.220. The number of rotatable bonds is 6. The van der Waals surface area contributed by atoms with Crippen LogP contribution < -0.4 is 10.6 Å². The van der Waals surface area contributed by atoms with Gasteiger partial charge in [-0.05, 0) is 48.4 Å². The molecular weight excluding hydrogens is 336 g/mol. The van der Waals surface area contributed by atoms with E-state index in [4.69, 9.17) is 0 Å². The summed E-state index contributed by atoms with van der Waals surface area (Å²) < 4.78 is 26.7. The molecule has 1 aromatic heterocycles. The number of anilines is 2. The number of hydrogen-bond acceptors (Lipinski definition) is 3. The van der Waals surface area contributed by atoms with Gasteiger partial charge in [-0.3, -0.25) is 4.79 Å². The van der Waals surface area contributed by atoms with E-state index in [-0.39, 0.29) is 11.4 Å². The first kappa shape index (κ1) is 17.5. The molecule has 2 aromatic carbocycles. The number of nitrogens with one attached hydrogen (secondary N) is 2. The molecule has 3 aromatic rings. The fraction of sp³-hybridized carbons (Fsp3) is 0.100. The highest BCUT2D eigenvalue weighted by Gasteiger charge is 2.07. The van der Waals surface area contributed by atoms with Gasteiger partial charge in [0.05, 0.1) is 11.9 Å². The highest BCUT2D eigenvalue weighted by atomic mass is 19.1. The summed E-state index contributed by atoms with van der Waals surface area (Å²) in [4.78, 5) is 16.2. The predicted octanol–water partition coefficient (Wildman–Crippen LogP) is 4.27. The Morgan fingerprint density at radius 3 is 2.58 bits per heavy atom. The Hall–Kier alpha value is -3.28. The van der Waals surface area contributed by atoms with E-state index in [1.165, 1.54) is 24.3 Å². The summed E-state index contributed by atoms with van der Waals surface area (Å²) in [5, 5.41) is 5.76. The third-order valence-electron chi connectivity index (χ3n) is 3.77. The highest BCUT2D eigenvalue weighted by molar-refractivity contribution is 6.03. The molecule has 1 amide bonds. The molecule has 4 nitrogen and oxygen atoms in total. The van der Waals surface area contributed by atoms with E-state index in [0.29, 0.717) is 24.3 Å². The van der Waals surface area contributed by atoms with Crippen LogP contribution in [0.2, 0.25) is 0 Å². The van der Waals surface area contributed by atoms with E-state index in [2.05, 4.69) is 15.6 Å². The van der Waals surface area contributed by atoms with Crippen LogP contribution in [-0.4, -0.2) is 17.4 Å². The molecular formula is C20H17F2N3O. The third kappa shape index (κ3) is 4.63. The minimum atomic E-state index is -0.472. The number of nitrogens with zero attached hydrogens (tertiary/aromatic N) is 1. The van der Waals surface area contributed by atoms with Gasteiger partial charge in [0.25, 0.3) is 5.91 Å². The summed E-state index contributed by atoms with van der Waals surface area (Å²) in [7, 11) is 0. The number of amides is 1. The molecule has 0 atom stereocenters. The van der Waals surface area contributed by atoms with Gasteiger partial charge in [-0.15, -0.1) is 0 Å². The Morgan fingerprint density at radius 1 is 1.00 bits per heavy atom. The molecule has 0 fully saturated rings. The number of benzene rings is 2. The Labute approximate surface area is 149 Å².